The minimum absolute atomic E-state index is 0.173. The standard InChI is InChI=1S/C81H60N2/c1-79(2)69-43-51(49-31-39-77-67(41-49)65-21-13-15-23-75(65)82(77)57-17-9-7-10-18-57)25-33-59(69)61-35-27-53(45-71(61)79)55-29-37-63-64-38-30-56(48-74(64)81(5,6)73(63)47-55)54-28-36-62-60-34-26-52(44-70(60)80(3,4)72(62)46-54)50-32-40-78-68(42-50)66-22-14-16-24-76(66)83(78)58-19-11-8-12-20-58/h7-48H,1-6H3. The van der Waals surface area contributed by atoms with Gasteiger partial charge in [0.15, 0.2) is 0 Å². The molecule has 2 nitrogen and oxygen atoms in total. The van der Waals surface area contributed by atoms with E-state index in [1.807, 2.05) is 0 Å². The smallest absolute Gasteiger partial charge is 0.0541 e. The van der Waals surface area contributed by atoms with Crippen LogP contribution in [-0.4, -0.2) is 9.13 Å². The van der Waals surface area contributed by atoms with Crippen LogP contribution in [-0.2, 0) is 16.2 Å². The van der Waals surface area contributed by atoms with Crippen LogP contribution >= 0.6 is 0 Å². The maximum absolute atomic E-state index is 2.49. The van der Waals surface area contributed by atoms with Gasteiger partial charge in [-0.3, -0.25) is 0 Å². The van der Waals surface area contributed by atoms with Crippen molar-refractivity contribution in [1.82, 2.24) is 9.13 Å². The highest BCUT2D eigenvalue weighted by Gasteiger charge is 2.39. The van der Waals surface area contributed by atoms with Gasteiger partial charge in [0, 0.05) is 49.2 Å². The molecule has 3 aliphatic carbocycles. The van der Waals surface area contributed by atoms with Gasteiger partial charge in [0.05, 0.1) is 22.1 Å². The SMILES string of the molecule is CC1(C)c2cc(-c3ccc4c(c3)C(C)(C)c3cc(-c5ccc6c(c5)c5ccccc5n6-c5ccccc5)ccc3-4)ccc2-c2ccc(-c3ccc4c(c3)C(C)(C)c3cc(-c5ccc6c(c5)c5ccccc5n6-c5ccccc5)ccc3-4)cc21. The van der Waals surface area contributed by atoms with Crippen LogP contribution in [0.4, 0.5) is 0 Å². The van der Waals surface area contributed by atoms with Crippen molar-refractivity contribution in [2.45, 2.75) is 57.8 Å². The van der Waals surface area contributed by atoms with Crippen molar-refractivity contribution in [3.63, 3.8) is 0 Å². The molecule has 0 atom stereocenters. The molecule has 3 aliphatic rings. The number of rotatable bonds is 6. The van der Waals surface area contributed by atoms with Crippen LogP contribution in [0.3, 0.4) is 0 Å². The van der Waals surface area contributed by atoms with E-state index in [-0.39, 0.29) is 16.2 Å². The van der Waals surface area contributed by atoms with Crippen molar-refractivity contribution in [3.8, 4) is 89.3 Å². The van der Waals surface area contributed by atoms with E-state index in [1.165, 1.54) is 166 Å². The number of hydrogen-bond acceptors (Lipinski definition) is 0. The number of aromatic nitrogens is 2. The van der Waals surface area contributed by atoms with E-state index < -0.39 is 0 Å². The van der Waals surface area contributed by atoms with Crippen LogP contribution in [0.1, 0.15) is 74.9 Å². The summed E-state index contributed by atoms with van der Waals surface area (Å²) in [6.45, 7) is 14.5. The van der Waals surface area contributed by atoms with Crippen LogP contribution in [0.15, 0.2) is 255 Å². The molecule has 14 aromatic rings. The van der Waals surface area contributed by atoms with Crippen molar-refractivity contribution >= 4 is 43.6 Å². The minimum Gasteiger partial charge on any atom is -0.309 e. The van der Waals surface area contributed by atoms with Crippen molar-refractivity contribution < 1.29 is 0 Å². The summed E-state index contributed by atoms with van der Waals surface area (Å²) >= 11 is 0. The van der Waals surface area contributed by atoms with E-state index >= 15 is 0 Å². The number of para-hydroxylation sites is 4. The first-order valence-electron chi connectivity index (χ1n) is 29.5. The largest absolute Gasteiger partial charge is 0.309 e. The van der Waals surface area contributed by atoms with Gasteiger partial charge in [0.1, 0.15) is 0 Å². The van der Waals surface area contributed by atoms with E-state index in [1.54, 1.807) is 0 Å². The quantitative estimate of drug-likeness (QED) is 0.157. The summed E-state index contributed by atoms with van der Waals surface area (Å²) in [4.78, 5) is 0. The zero-order chi connectivity index (χ0) is 55.7. The third kappa shape index (κ3) is 6.84. The van der Waals surface area contributed by atoms with Crippen molar-refractivity contribution in [2.75, 3.05) is 0 Å². The Morgan fingerprint density at radius 3 is 0.723 bits per heavy atom. The molecular formula is C81H60N2. The number of fused-ring (bicyclic) bond motifs is 15. The summed E-state index contributed by atoms with van der Waals surface area (Å²) in [6, 6.07) is 96.3. The molecule has 394 valence electrons. The van der Waals surface area contributed by atoms with Crippen LogP contribution in [0.2, 0.25) is 0 Å². The zero-order valence-electron chi connectivity index (χ0n) is 47.6. The predicted octanol–water partition coefficient (Wildman–Crippen LogP) is 21.5. The van der Waals surface area contributed by atoms with E-state index in [9.17, 15) is 0 Å². The Kier molecular flexibility index (Phi) is 9.91. The molecule has 2 heteroatoms. The van der Waals surface area contributed by atoms with Crippen LogP contribution < -0.4 is 0 Å². The molecule has 0 saturated carbocycles. The van der Waals surface area contributed by atoms with Gasteiger partial charge in [0.25, 0.3) is 0 Å². The average molecular weight is 1060 g/mol. The maximum atomic E-state index is 2.49. The Balaban J connectivity index is 0.655. The third-order valence-electron chi connectivity index (χ3n) is 19.7. The lowest BCUT2D eigenvalue weighted by molar-refractivity contribution is 0.659. The van der Waals surface area contributed by atoms with E-state index in [2.05, 4.69) is 305 Å². The molecule has 0 fully saturated rings. The second-order valence-corrected chi connectivity index (χ2v) is 25.3. The monoisotopic (exact) mass is 1060 g/mol. The first kappa shape index (κ1) is 48.0. The molecule has 0 amide bonds. The van der Waals surface area contributed by atoms with Gasteiger partial charge in [-0.15, -0.1) is 0 Å². The van der Waals surface area contributed by atoms with E-state index in [4.69, 9.17) is 0 Å². The first-order chi connectivity index (χ1) is 40.4. The van der Waals surface area contributed by atoms with Crippen molar-refractivity contribution in [2.24, 2.45) is 0 Å². The summed E-state index contributed by atoms with van der Waals surface area (Å²) in [5.74, 6) is 0. The highest BCUT2D eigenvalue weighted by atomic mass is 15.0. The number of hydrogen-bond donors (Lipinski definition) is 0. The minimum atomic E-state index is -0.180. The second kappa shape index (κ2) is 17.1. The third-order valence-corrected chi connectivity index (χ3v) is 19.7. The molecule has 2 heterocycles. The molecule has 0 saturated heterocycles. The van der Waals surface area contributed by atoms with Gasteiger partial charge < -0.3 is 9.13 Å². The van der Waals surface area contributed by atoms with Gasteiger partial charge >= 0.3 is 0 Å². The van der Waals surface area contributed by atoms with Crippen LogP contribution in [0.25, 0.3) is 133 Å². The molecule has 83 heavy (non-hydrogen) atoms. The normalized spacial score (nSPS) is 14.7. The van der Waals surface area contributed by atoms with Crippen molar-refractivity contribution in [3.05, 3.63) is 288 Å². The fourth-order valence-corrected chi connectivity index (χ4v) is 15.3. The predicted molar refractivity (Wildman–Crippen MR) is 350 cm³/mol. The Hall–Kier alpha value is -9.76. The van der Waals surface area contributed by atoms with E-state index in [0.29, 0.717) is 0 Å². The molecule has 0 unspecified atom stereocenters. The fourth-order valence-electron chi connectivity index (χ4n) is 15.3. The van der Waals surface area contributed by atoms with Crippen LogP contribution in [0, 0.1) is 0 Å². The van der Waals surface area contributed by atoms with Crippen LogP contribution in [0.5, 0.6) is 0 Å². The highest BCUT2D eigenvalue weighted by Crippen LogP contribution is 2.55. The lowest BCUT2D eigenvalue weighted by atomic mass is 9.79. The fraction of sp³-hybridized carbons (Fsp3) is 0.111. The Morgan fingerprint density at radius 1 is 0.205 bits per heavy atom. The van der Waals surface area contributed by atoms with Crippen molar-refractivity contribution in [1.29, 1.82) is 0 Å². The molecule has 0 spiro atoms. The molecule has 0 N–H and O–H groups in total. The van der Waals surface area contributed by atoms with Gasteiger partial charge in [-0.25, -0.2) is 0 Å². The lowest BCUT2D eigenvalue weighted by Crippen LogP contribution is -2.16. The summed E-state index contributed by atoms with van der Waals surface area (Å²) in [7, 11) is 0. The Bertz CT molecular complexity index is 4780. The maximum Gasteiger partial charge on any atom is 0.0541 e. The molecular weight excluding hydrogens is 1000 g/mol. The van der Waals surface area contributed by atoms with Gasteiger partial charge in [-0.2, -0.15) is 0 Å². The second-order valence-electron chi connectivity index (χ2n) is 25.3. The molecule has 17 rings (SSSR count). The summed E-state index contributed by atoms with van der Waals surface area (Å²) < 4.78 is 4.79. The molecule has 12 aromatic carbocycles. The number of nitrogens with zero attached hydrogens (tertiary/aromatic N) is 2. The molecule has 0 aliphatic heterocycles. The zero-order valence-corrected chi connectivity index (χ0v) is 47.6. The Morgan fingerprint density at radius 2 is 0.434 bits per heavy atom. The average Bonchev–Trinajstić information content (AvgIpc) is 2.53. The van der Waals surface area contributed by atoms with Gasteiger partial charge in [-0.05, 0) is 208 Å². The Labute approximate surface area is 485 Å². The molecule has 0 bridgehead atoms. The van der Waals surface area contributed by atoms with Gasteiger partial charge in [-0.1, -0.05) is 199 Å². The molecule has 0 radical (unpaired) electrons. The van der Waals surface area contributed by atoms with Gasteiger partial charge in [0.2, 0.25) is 0 Å². The summed E-state index contributed by atoms with van der Waals surface area (Å²) in [6.07, 6.45) is 0. The van der Waals surface area contributed by atoms with E-state index in [0.717, 1.165) is 0 Å². The molecule has 2 aromatic heterocycles. The highest BCUT2D eigenvalue weighted by molar-refractivity contribution is 6.12. The number of benzene rings is 12. The first-order valence-corrected chi connectivity index (χ1v) is 29.5. The summed E-state index contributed by atoms with van der Waals surface area (Å²) in [5.41, 5.74) is 33.1. The summed E-state index contributed by atoms with van der Waals surface area (Å²) in [5, 5.41) is 5.09. The topological polar surface area (TPSA) is 9.86 Å². The lowest BCUT2D eigenvalue weighted by Gasteiger charge is -2.24.